The Kier molecular flexibility index (Phi) is 5.59. The van der Waals surface area contributed by atoms with Gasteiger partial charge in [0.05, 0.1) is 4.47 Å². The minimum atomic E-state index is -0.624. The summed E-state index contributed by atoms with van der Waals surface area (Å²) < 4.78 is 18.9. The molecule has 2 atom stereocenters. The fourth-order valence-electron chi connectivity index (χ4n) is 1.28. The van der Waals surface area contributed by atoms with Crippen molar-refractivity contribution in [1.82, 2.24) is 5.32 Å². The summed E-state index contributed by atoms with van der Waals surface area (Å²) in [4.78, 5) is 11.8. The number of rotatable bonds is 5. The normalized spacial score (nSPS) is 13.8. The lowest BCUT2D eigenvalue weighted by Crippen LogP contribution is -2.41. The predicted octanol–water partition coefficient (Wildman–Crippen LogP) is 3.27. The Morgan fingerprint density at radius 3 is 2.72 bits per heavy atom. The van der Waals surface area contributed by atoms with Gasteiger partial charge in [0.15, 0.2) is 6.10 Å². The van der Waals surface area contributed by atoms with Gasteiger partial charge in [0.2, 0.25) is 0 Å². The Bertz CT molecular complexity index is 425. The highest BCUT2D eigenvalue weighted by Gasteiger charge is 2.17. The van der Waals surface area contributed by atoms with E-state index in [2.05, 4.69) is 21.2 Å². The molecule has 0 fully saturated rings. The van der Waals surface area contributed by atoms with Gasteiger partial charge in [0.25, 0.3) is 5.91 Å². The Morgan fingerprint density at radius 2 is 2.17 bits per heavy atom. The Balaban J connectivity index is 2.63. The van der Waals surface area contributed by atoms with Gasteiger partial charge in [-0.25, -0.2) is 4.39 Å². The number of benzene rings is 1. The number of ether oxygens (including phenoxy) is 1. The van der Waals surface area contributed by atoms with Gasteiger partial charge in [0.1, 0.15) is 11.6 Å². The molecule has 1 amide bonds. The first-order valence-corrected chi connectivity index (χ1v) is 6.65. The van der Waals surface area contributed by atoms with Crippen molar-refractivity contribution in [2.24, 2.45) is 0 Å². The van der Waals surface area contributed by atoms with Crippen molar-refractivity contribution in [2.45, 2.75) is 39.3 Å². The third-order valence-electron chi connectivity index (χ3n) is 2.57. The summed E-state index contributed by atoms with van der Waals surface area (Å²) in [5.41, 5.74) is 0. The van der Waals surface area contributed by atoms with E-state index in [9.17, 15) is 9.18 Å². The van der Waals surface area contributed by atoms with Crippen molar-refractivity contribution in [1.29, 1.82) is 0 Å². The lowest BCUT2D eigenvalue weighted by molar-refractivity contribution is -0.127. The number of hydrogen-bond acceptors (Lipinski definition) is 2. The zero-order chi connectivity index (χ0) is 13.7. The van der Waals surface area contributed by atoms with Crippen molar-refractivity contribution in [3.8, 4) is 5.75 Å². The smallest absolute Gasteiger partial charge is 0.260 e. The zero-order valence-corrected chi connectivity index (χ0v) is 12.3. The molecular weight excluding hydrogens is 301 g/mol. The van der Waals surface area contributed by atoms with Crippen LogP contribution >= 0.6 is 15.9 Å². The maximum atomic E-state index is 12.9. The maximum Gasteiger partial charge on any atom is 0.260 e. The largest absolute Gasteiger partial charge is 0.480 e. The molecule has 0 spiro atoms. The predicted molar refractivity (Wildman–Crippen MR) is 72.1 cm³/mol. The second-order valence-corrected chi connectivity index (χ2v) is 5.01. The molecular formula is C13H17BrFNO2. The summed E-state index contributed by atoms with van der Waals surface area (Å²) in [7, 11) is 0. The van der Waals surface area contributed by atoms with E-state index in [0.717, 1.165) is 6.42 Å². The molecule has 0 aliphatic carbocycles. The SMILES string of the molecule is CCC(C)NC(=O)C(C)Oc1ccc(F)cc1Br. The number of halogens is 2. The molecule has 0 heterocycles. The van der Waals surface area contributed by atoms with Crippen LogP contribution in [0.1, 0.15) is 27.2 Å². The molecule has 18 heavy (non-hydrogen) atoms. The van der Waals surface area contributed by atoms with E-state index < -0.39 is 6.10 Å². The first-order valence-electron chi connectivity index (χ1n) is 5.86. The highest BCUT2D eigenvalue weighted by atomic mass is 79.9. The van der Waals surface area contributed by atoms with E-state index in [0.29, 0.717) is 10.2 Å². The first kappa shape index (κ1) is 15.0. The van der Waals surface area contributed by atoms with Gasteiger partial charge in [-0.3, -0.25) is 4.79 Å². The third kappa shape index (κ3) is 4.29. The fourth-order valence-corrected chi connectivity index (χ4v) is 1.72. The molecule has 3 nitrogen and oxygen atoms in total. The molecule has 0 saturated heterocycles. The highest BCUT2D eigenvalue weighted by molar-refractivity contribution is 9.10. The molecule has 1 aromatic rings. The Labute approximate surface area is 115 Å². The monoisotopic (exact) mass is 317 g/mol. The average molecular weight is 318 g/mol. The van der Waals surface area contributed by atoms with Gasteiger partial charge in [0, 0.05) is 6.04 Å². The molecule has 5 heteroatoms. The molecule has 0 aliphatic rings. The highest BCUT2D eigenvalue weighted by Crippen LogP contribution is 2.26. The van der Waals surface area contributed by atoms with E-state index in [1.807, 2.05) is 13.8 Å². The number of hydrogen-bond donors (Lipinski definition) is 1. The molecule has 1 aromatic carbocycles. The summed E-state index contributed by atoms with van der Waals surface area (Å²) in [6.07, 6.45) is 0.236. The van der Waals surface area contributed by atoms with Gasteiger partial charge >= 0.3 is 0 Å². The fraction of sp³-hybridized carbons (Fsp3) is 0.462. The summed E-state index contributed by atoms with van der Waals surface area (Å²) in [6, 6.07) is 4.20. The van der Waals surface area contributed by atoms with E-state index in [1.54, 1.807) is 6.92 Å². The van der Waals surface area contributed by atoms with Crippen LogP contribution in [0.5, 0.6) is 5.75 Å². The molecule has 1 N–H and O–H groups in total. The van der Waals surface area contributed by atoms with Crippen LogP contribution in [0, 0.1) is 5.82 Å². The van der Waals surface area contributed by atoms with Gasteiger partial charge in [-0.15, -0.1) is 0 Å². The average Bonchev–Trinajstić information content (AvgIpc) is 2.32. The van der Waals surface area contributed by atoms with Gasteiger partial charge in [-0.1, -0.05) is 6.92 Å². The third-order valence-corrected chi connectivity index (χ3v) is 3.19. The molecule has 1 rings (SSSR count). The lowest BCUT2D eigenvalue weighted by Gasteiger charge is -2.18. The molecule has 0 saturated carbocycles. The standard InChI is InChI=1S/C13H17BrFNO2/c1-4-8(2)16-13(17)9(3)18-12-6-5-10(15)7-11(12)14/h5-9H,4H2,1-3H3,(H,16,17). The molecule has 2 unspecified atom stereocenters. The van der Waals surface area contributed by atoms with Gasteiger partial charge in [-0.2, -0.15) is 0 Å². The van der Waals surface area contributed by atoms with Crippen LogP contribution in [-0.2, 0) is 4.79 Å². The second kappa shape index (κ2) is 6.73. The second-order valence-electron chi connectivity index (χ2n) is 4.15. The summed E-state index contributed by atoms with van der Waals surface area (Å²) in [6.45, 7) is 5.58. The van der Waals surface area contributed by atoms with Crippen molar-refractivity contribution in [2.75, 3.05) is 0 Å². The first-order chi connectivity index (χ1) is 8.43. The van der Waals surface area contributed by atoms with Crippen LogP contribution < -0.4 is 10.1 Å². The maximum absolute atomic E-state index is 12.9. The van der Waals surface area contributed by atoms with Crippen molar-refractivity contribution in [3.63, 3.8) is 0 Å². The Morgan fingerprint density at radius 1 is 1.50 bits per heavy atom. The van der Waals surface area contributed by atoms with Crippen LogP contribution in [0.4, 0.5) is 4.39 Å². The van der Waals surface area contributed by atoms with Crippen molar-refractivity contribution in [3.05, 3.63) is 28.5 Å². The van der Waals surface area contributed by atoms with Crippen LogP contribution in [0.15, 0.2) is 22.7 Å². The molecule has 0 radical (unpaired) electrons. The Hall–Kier alpha value is -1.10. The summed E-state index contributed by atoms with van der Waals surface area (Å²) in [5, 5.41) is 2.83. The summed E-state index contributed by atoms with van der Waals surface area (Å²) in [5.74, 6) is -0.0882. The van der Waals surface area contributed by atoms with Crippen molar-refractivity contribution >= 4 is 21.8 Å². The van der Waals surface area contributed by atoms with E-state index in [1.165, 1.54) is 18.2 Å². The van der Waals surface area contributed by atoms with Crippen LogP contribution in [0.2, 0.25) is 0 Å². The topological polar surface area (TPSA) is 38.3 Å². The quantitative estimate of drug-likeness (QED) is 0.905. The lowest BCUT2D eigenvalue weighted by atomic mass is 10.2. The van der Waals surface area contributed by atoms with Crippen LogP contribution in [0.25, 0.3) is 0 Å². The molecule has 100 valence electrons. The van der Waals surface area contributed by atoms with Gasteiger partial charge < -0.3 is 10.1 Å². The number of carbonyl (C=O) groups is 1. The van der Waals surface area contributed by atoms with Gasteiger partial charge in [-0.05, 0) is 54.4 Å². The van der Waals surface area contributed by atoms with E-state index in [-0.39, 0.29) is 17.8 Å². The zero-order valence-electron chi connectivity index (χ0n) is 10.7. The van der Waals surface area contributed by atoms with Crippen molar-refractivity contribution < 1.29 is 13.9 Å². The van der Waals surface area contributed by atoms with E-state index >= 15 is 0 Å². The minimum Gasteiger partial charge on any atom is -0.480 e. The minimum absolute atomic E-state index is 0.111. The van der Waals surface area contributed by atoms with E-state index in [4.69, 9.17) is 4.74 Å². The van der Waals surface area contributed by atoms with Crippen LogP contribution in [-0.4, -0.2) is 18.1 Å². The van der Waals surface area contributed by atoms with Crippen LogP contribution in [0.3, 0.4) is 0 Å². The molecule has 0 aliphatic heterocycles. The summed E-state index contributed by atoms with van der Waals surface area (Å²) >= 11 is 3.19. The molecule has 0 aromatic heterocycles. The number of amides is 1. The molecule has 0 bridgehead atoms. The number of carbonyl (C=O) groups excluding carboxylic acids is 1. The number of nitrogens with one attached hydrogen (secondary N) is 1.